The molecule has 0 amide bonds. The molecule has 0 spiro atoms. The highest BCUT2D eigenvalue weighted by Gasteiger charge is 2.73. The number of nitrogens with zero attached hydrogens (tertiary/aromatic N) is 4. The van der Waals surface area contributed by atoms with Crippen molar-refractivity contribution >= 4 is 36.6 Å². The molecule has 14 nitrogen and oxygen atoms in total. The first-order chi connectivity index (χ1) is 21.1. The average Bonchev–Trinajstić information content (AvgIpc) is 3.61. The van der Waals surface area contributed by atoms with Gasteiger partial charge in [-0.2, -0.15) is 28.2 Å². The number of alkyl halides is 4. The first-order valence-electron chi connectivity index (χ1n) is 13.9. The Bertz CT molecular complexity index is 1580. The second-order valence-electron chi connectivity index (χ2n) is 10.9. The van der Waals surface area contributed by atoms with E-state index in [0.29, 0.717) is 4.57 Å². The summed E-state index contributed by atoms with van der Waals surface area (Å²) < 4.78 is 95.1. The Morgan fingerprint density at radius 1 is 1.24 bits per heavy atom. The molecule has 0 unspecified atom stereocenters. The number of rotatable bonds is 12. The number of hydrogen-bond acceptors (Lipinski definition) is 12. The molecular formula is C26H32F4N7O7P. The van der Waals surface area contributed by atoms with E-state index in [0.717, 1.165) is 19.2 Å². The number of nitrogens with one attached hydrogen (secondary N) is 2. The number of nitrogen functional groups attached to an aromatic ring is 1. The van der Waals surface area contributed by atoms with E-state index in [1.807, 2.05) is 0 Å². The summed E-state index contributed by atoms with van der Waals surface area (Å²) in [6.45, 7) is 3.41. The third kappa shape index (κ3) is 6.84. The number of carbonyl (C=O) groups is 1. The van der Waals surface area contributed by atoms with Gasteiger partial charge in [0.15, 0.2) is 23.2 Å². The number of carbonyl (C=O) groups excluding carboxylic acids is 1. The molecule has 45 heavy (non-hydrogen) atoms. The summed E-state index contributed by atoms with van der Waals surface area (Å²) in [6, 6.07) is 6.33. The first kappa shape index (κ1) is 32.8. The van der Waals surface area contributed by atoms with Crippen LogP contribution in [0.5, 0.6) is 5.75 Å². The van der Waals surface area contributed by atoms with Crippen LogP contribution < -0.4 is 20.7 Å². The maximum absolute atomic E-state index is 16.2. The zero-order valence-electron chi connectivity index (χ0n) is 24.3. The topological polar surface area (TPSA) is 185 Å². The largest absolute Gasteiger partial charge is 0.462 e. The molecule has 1 aliphatic carbocycles. The van der Waals surface area contributed by atoms with Gasteiger partial charge in [-0.15, -0.1) is 0 Å². The summed E-state index contributed by atoms with van der Waals surface area (Å²) in [6.07, 6.45) is -11.1. The van der Waals surface area contributed by atoms with Gasteiger partial charge in [0.05, 0.1) is 19.0 Å². The van der Waals surface area contributed by atoms with Crippen LogP contribution in [-0.4, -0.2) is 79.4 Å². The van der Waals surface area contributed by atoms with Crippen molar-refractivity contribution in [2.24, 2.45) is 0 Å². The molecule has 2 aromatic heterocycles. The Hall–Kier alpha value is -3.57. The van der Waals surface area contributed by atoms with E-state index >= 15 is 4.39 Å². The van der Waals surface area contributed by atoms with Crippen LogP contribution in [0.2, 0.25) is 0 Å². The molecule has 1 aromatic carbocycles. The number of para-hydroxylation sites is 1. The summed E-state index contributed by atoms with van der Waals surface area (Å²) in [5, 5.41) is 16.2. The summed E-state index contributed by atoms with van der Waals surface area (Å²) >= 11 is 0. The van der Waals surface area contributed by atoms with E-state index < -0.39 is 62.7 Å². The summed E-state index contributed by atoms with van der Waals surface area (Å²) in [7, 11) is -4.61. The van der Waals surface area contributed by atoms with Crippen LogP contribution in [0.1, 0.15) is 39.8 Å². The average molecular weight is 662 g/mol. The van der Waals surface area contributed by atoms with Gasteiger partial charge >= 0.3 is 19.9 Å². The number of hydrogen-bond donors (Lipinski definition) is 4. The number of halogens is 4. The standard InChI is InChI=1S/C26H32F4N7O7P/c1-13(2)42-22(39)14(3)36-45(40,44-16-7-5-4-6-8-16)41-11-17-19(38)25(27,26(28,29)30)23(43-17)37-12-32-18-20(33-15-9-10-15)34-24(31)35-21(18)37/h4-8,12-15,17,19,23,38H,9-11H2,1-3H3,(H,36,40)(H3,31,33,34,35)/t14-,17+,19+,23+,25+,45+/m0/s1. The number of aromatic nitrogens is 4. The number of aliphatic hydroxyl groups is 1. The zero-order valence-corrected chi connectivity index (χ0v) is 25.2. The van der Waals surface area contributed by atoms with Crippen LogP contribution in [-0.2, 0) is 23.4 Å². The molecule has 246 valence electrons. The summed E-state index contributed by atoms with van der Waals surface area (Å²) in [5.74, 6) is -0.996. The zero-order chi connectivity index (χ0) is 32.7. The highest BCUT2D eigenvalue weighted by Crippen LogP contribution is 2.53. The Labute approximate surface area is 254 Å². The number of aliphatic hydroxyl groups excluding tert-OH is 1. The number of anilines is 2. The van der Waals surface area contributed by atoms with Crippen molar-refractivity contribution in [2.75, 3.05) is 17.7 Å². The van der Waals surface area contributed by atoms with Gasteiger partial charge in [-0.25, -0.2) is 13.9 Å². The Balaban J connectivity index is 1.43. The third-order valence-corrected chi connectivity index (χ3v) is 8.57. The second kappa shape index (κ2) is 12.3. The van der Waals surface area contributed by atoms with Gasteiger partial charge < -0.3 is 30.2 Å². The van der Waals surface area contributed by atoms with E-state index in [1.54, 1.807) is 32.0 Å². The minimum Gasteiger partial charge on any atom is -0.462 e. The minimum atomic E-state index is -5.67. The lowest BCUT2D eigenvalue weighted by Gasteiger charge is -2.31. The Kier molecular flexibility index (Phi) is 8.98. The van der Waals surface area contributed by atoms with E-state index in [1.165, 1.54) is 19.1 Å². The second-order valence-corrected chi connectivity index (χ2v) is 12.6. The third-order valence-electron chi connectivity index (χ3n) is 6.92. The molecule has 2 fully saturated rings. The van der Waals surface area contributed by atoms with Gasteiger partial charge in [-0.05, 0) is 45.7 Å². The van der Waals surface area contributed by atoms with Crippen molar-refractivity contribution in [3.63, 3.8) is 0 Å². The fourth-order valence-corrected chi connectivity index (χ4v) is 6.10. The van der Waals surface area contributed by atoms with Crippen LogP contribution in [0.3, 0.4) is 0 Å². The van der Waals surface area contributed by atoms with E-state index in [-0.39, 0.29) is 34.7 Å². The van der Waals surface area contributed by atoms with Crippen molar-refractivity contribution in [1.29, 1.82) is 0 Å². The first-order valence-corrected chi connectivity index (χ1v) is 15.5. The lowest BCUT2D eigenvalue weighted by Crippen LogP contribution is -2.54. The molecule has 3 aromatic rings. The van der Waals surface area contributed by atoms with Crippen LogP contribution in [0.15, 0.2) is 36.7 Å². The van der Waals surface area contributed by atoms with Gasteiger partial charge in [0.25, 0.3) is 5.67 Å². The molecule has 5 rings (SSSR count). The Morgan fingerprint density at radius 2 is 1.93 bits per heavy atom. The highest BCUT2D eigenvalue weighted by molar-refractivity contribution is 7.52. The molecule has 1 saturated carbocycles. The smallest absolute Gasteiger partial charge is 0.459 e. The SMILES string of the molecule is CC(C)OC(=O)[C@H](C)N[P@@](=O)(OC[C@H]1O[C@@H](n2cnc3c(NC4CC4)nc(N)nc32)[C@@](F)(C(F)(F)F)[C@@H]1O)Oc1ccccc1. The van der Waals surface area contributed by atoms with Crippen LogP contribution in [0.4, 0.5) is 29.3 Å². The van der Waals surface area contributed by atoms with Crippen molar-refractivity contribution in [3.8, 4) is 5.75 Å². The molecule has 5 N–H and O–H groups in total. The van der Waals surface area contributed by atoms with Crippen molar-refractivity contribution in [1.82, 2.24) is 24.6 Å². The van der Waals surface area contributed by atoms with Gasteiger partial charge in [0.2, 0.25) is 5.95 Å². The van der Waals surface area contributed by atoms with Gasteiger partial charge in [0.1, 0.15) is 24.0 Å². The Morgan fingerprint density at radius 3 is 2.56 bits per heavy atom. The predicted molar refractivity (Wildman–Crippen MR) is 151 cm³/mol. The van der Waals surface area contributed by atoms with Crippen LogP contribution in [0, 0.1) is 0 Å². The van der Waals surface area contributed by atoms with Crippen molar-refractivity contribution < 1.29 is 50.5 Å². The maximum atomic E-state index is 16.2. The van der Waals surface area contributed by atoms with Gasteiger partial charge in [0, 0.05) is 6.04 Å². The number of benzene rings is 1. The molecule has 1 aliphatic heterocycles. The van der Waals surface area contributed by atoms with Crippen molar-refractivity contribution in [3.05, 3.63) is 36.7 Å². The van der Waals surface area contributed by atoms with Gasteiger partial charge in [-0.1, -0.05) is 18.2 Å². The monoisotopic (exact) mass is 661 g/mol. The molecule has 1 saturated heterocycles. The van der Waals surface area contributed by atoms with Crippen molar-refractivity contribution in [2.45, 2.75) is 82.1 Å². The van der Waals surface area contributed by atoms with Gasteiger partial charge in [-0.3, -0.25) is 13.9 Å². The van der Waals surface area contributed by atoms with E-state index in [9.17, 15) is 27.6 Å². The number of ether oxygens (including phenoxy) is 2. The van der Waals surface area contributed by atoms with Crippen LogP contribution in [0.25, 0.3) is 11.2 Å². The molecule has 3 heterocycles. The number of imidazole rings is 1. The summed E-state index contributed by atoms with van der Waals surface area (Å²) in [5.41, 5.74) is 1.10. The number of esters is 1. The number of fused-ring (bicyclic) bond motifs is 1. The minimum absolute atomic E-state index is 0.00523. The molecule has 6 atom stereocenters. The predicted octanol–water partition coefficient (Wildman–Crippen LogP) is 3.65. The molecule has 19 heteroatoms. The molecule has 0 bridgehead atoms. The lowest BCUT2D eigenvalue weighted by atomic mass is 9.95. The van der Waals surface area contributed by atoms with E-state index in [4.69, 9.17) is 24.3 Å². The fourth-order valence-electron chi connectivity index (χ4n) is 4.59. The molecule has 2 aliphatic rings. The lowest BCUT2D eigenvalue weighted by molar-refractivity contribution is -0.273. The highest BCUT2D eigenvalue weighted by atomic mass is 31.2. The van der Waals surface area contributed by atoms with Crippen LogP contribution >= 0.6 is 7.75 Å². The normalized spacial score (nSPS) is 25.7. The maximum Gasteiger partial charge on any atom is 0.459 e. The molecular weight excluding hydrogens is 629 g/mol. The number of nitrogens with two attached hydrogens (primary N) is 1. The molecule has 0 radical (unpaired) electrons. The quantitative estimate of drug-likeness (QED) is 0.125. The van der Waals surface area contributed by atoms with E-state index in [2.05, 4.69) is 25.4 Å². The fraction of sp³-hybridized carbons (Fsp3) is 0.538. The summed E-state index contributed by atoms with van der Waals surface area (Å²) in [4.78, 5) is 24.5.